The van der Waals surface area contributed by atoms with Gasteiger partial charge in [-0.1, -0.05) is 26.8 Å². The van der Waals surface area contributed by atoms with Crippen LogP contribution >= 0.6 is 0 Å². The van der Waals surface area contributed by atoms with E-state index in [0.29, 0.717) is 12.0 Å². The third-order valence-electron chi connectivity index (χ3n) is 4.51. The number of hydrogen-bond acceptors (Lipinski definition) is 2. The molecule has 2 nitrogen and oxygen atoms in total. The van der Waals surface area contributed by atoms with Crippen molar-refractivity contribution in [2.45, 2.75) is 45.6 Å². The van der Waals surface area contributed by atoms with Crippen LogP contribution in [0.1, 0.15) is 45.6 Å². The van der Waals surface area contributed by atoms with E-state index < -0.39 is 11.4 Å². The number of methoxy groups -OCH3 is 1. The first-order valence-electron chi connectivity index (χ1n) is 6.85. The van der Waals surface area contributed by atoms with E-state index >= 15 is 0 Å². The summed E-state index contributed by atoms with van der Waals surface area (Å²) in [5, 5.41) is 10.9. The molecule has 1 aromatic carbocycles. The van der Waals surface area contributed by atoms with E-state index in [-0.39, 0.29) is 17.1 Å². The van der Waals surface area contributed by atoms with Crippen LogP contribution in [0.2, 0.25) is 0 Å². The summed E-state index contributed by atoms with van der Waals surface area (Å²) in [7, 11) is 1.44. The summed E-state index contributed by atoms with van der Waals surface area (Å²) in [6.45, 7) is 6.48. The summed E-state index contributed by atoms with van der Waals surface area (Å²) in [4.78, 5) is 0. The lowest BCUT2D eigenvalue weighted by molar-refractivity contribution is -0.0771. The van der Waals surface area contributed by atoms with Gasteiger partial charge in [-0.05, 0) is 48.3 Å². The molecule has 1 fully saturated rings. The first-order chi connectivity index (χ1) is 8.78. The van der Waals surface area contributed by atoms with Crippen molar-refractivity contribution in [1.29, 1.82) is 0 Å². The van der Waals surface area contributed by atoms with E-state index in [1.54, 1.807) is 12.1 Å². The zero-order chi connectivity index (χ0) is 14.3. The molecule has 1 aromatic rings. The van der Waals surface area contributed by atoms with Gasteiger partial charge in [-0.2, -0.15) is 0 Å². The van der Waals surface area contributed by atoms with Crippen LogP contribution in [0, 0.1) is 17.2 Å². The van der Waals surface area contributed by atoms with Crippen LogP contribution in [0.15, 0.2) is 18.2 Å². The van der Waals surface area contributed by atoms with Crippen LogP contribution < -0.4 is 4.74 Å². The third kappa shape index (κ3) is 2.62. The number of ether oxygens (including phenoxy) is 1. The van der Waals surface area contributed by atoms with Gasteiger partial charge in [0.05, 0.1) is 12.7 Å². The molecule has 0 spiro atoms. The molecule has 1 aliphatic rings. The van der Waals surface area contributed by atoms with Gasteiger partial charge in [0.25, 0.3) is 0 Å². The molecule has 19 heavy (non-hydrogen) atoms. The van der Waals surface area contributed by atoms with Gasteiger partial charge >= 0.3 is 0 Å². The van der Waals surface area contributed by atoms with Crippen molar-refractivity contribution in [2.75, 3.05) is 7.11 Å². The van der Waals surface area contributed by atoms with Gasteiger partial charge in [-0.25, -0.2) is 4.39 Å². The molecular weight excluding hydrogens is 243 g/mol. The van der Waals surface area contributed by atoms with E-state index in [1.165, 1.54) is 13.2 Å². The Kier molecular flexibility index (Phi) is 3.61. The fourth-order valence-corrected chi connectivity index (χ4v) is 3.24. The lowest BCUT2D eigenvalue weighted by Crippen LogP contribution is -2.41. The molecule has 2 atom stereocenters. The second-order valence-corrected chi connectivity index (χ2v) is 6.54. The van der Waals surface area contributed by atoms with Crippen LogP contribution in [0.25, 0.3) is 0 Å². The lowest BCUT2D eigenvalue weighted by atomic mass is 9.63. The molecule has 2 rings (SSSR count). The normalized spacial score (nSPS) is 30.1. The topological polar surface area (TPSA) is 29.5 Å². The van der Waals surface area contributed by atoms with Crippen LogP contribution in [0.3, 0.4) is 0 Å². The summed E-state index contributed by atoms with van der Waals surface area (Å²) in [5.74, 6) is -0.0781. The van der Waals surface area contributed by atoms with Crippen LogP contribution in [-0.4, -0.2) is 12.2 Å². The quantitative estimate of drug-likeness (QED) is 0.880. The van der Waals surface area contributed by atoms with Crippen molar-refractivity contribution in [3.05, 3.63) is 29.6 Å². The summed E-state index contributed by atoms with van der Waals surface area (Å²) < 4.78 is 18.7. The highest BCUT2D eigenvalue weighted by Gasteiger charge is 2.43. The Morgan fingerprint density at radius 3 is 2.53 bits per heavy atom. The van der Waals surface area contributed by atoms with Crippen LogP contribution in [0.4, 0.5) is 4.39 Å². The predicted octanol–water partition coefficient (Wildman–Crippen LogP) is 3.87. The Labute approximate surface area is 114 Å². The Morgan fingerprint density at radius 1 is 1.32 bits per heavy atom. The molecule has 3 heteroatoms. The highest BCUT2D eigenvalue weighted by Crippen LogP contribution is 2.48. The maximum atomic E-state index is 13.8. The van der Waals surface area contributed by atoms with Crippen molar-refractivity contribution in [2.24, 2.45) is 11.3 Å². The van der Waals surface area contributed by atoms with E-state index in [1.807, 2.05) is 6.92 Å². The van der Waals surface area contributed by atoms with Crippen molar-refractivity contribution < 1.29 is 14.2 Å². The summed E-state index contributed by atoms with van der Waals surface area (Å²) >= 11 is 0. The van der Waals surface area contributed by atoms with Gasteiger partial charge in [-0.15, -0.1) is 0 Å². The Bertz CT molecular complexity index is 470. The molecule has 0 aromatic heterocycles. The molecule has 0 saturated heterocycles. The maximum absolute atomic E-state index is 13.8. The highest BCUT2D eigenvalue weighted by molar-refractivity contribution is 5.33. The predicted molar refractivity (Wildman–Crippen MR) is 73.6 cm³/mol. The Balaban J connectivity index is 2.32. The van der Waals surface area contributed by atoms with Crippen molar-refractivity contribution in [1.82, 2.24) is 0 Å². The molecule has 1 saturated carbocycles. The molecule has 0 amide bonds. The number of benzene rings is 1. The third-order valence-corrected chi connectivity index (χ3v) is 4.51. The molecule has 0 radical (unpaired) electrons. The first-order valence-corrected chi connectivity index (χ1v) is 6.85. The lowest BCUT2D eigenvalue weighted by Gasteiger charge is -2.45. The van der Waals surface area contributed by atoms with Gasteiger partial charge in [-0.3, -0.25) is 0 Å². The Hall–Kier alpha value is -1.09. The van der Waals surface area contributed by atoms with E-state index in [0.717, 1.165) is 12.8 Å². The standard InChI is InChI=1S/C16H23FO2/c1-11-10-15(2,3)7-8-16(11,18)12-5-6-14(19-4)13(17)9-12/h5-6,9,11,18H,7-8,10H2,1-4H3. The van der Waals surface area contributed by atoms with Crippen LogP contribution in [-0.2, 0) is 5.60 Å². The summed E-state index contributed by atoms with van der Waals surface area (Å²) in [6, 6.07) is 4.78. The minimum atomic E-state index is -0.928. The number of hydrogen-bond donors (Lipinski definition) is 1. The van der Waals surface area contributed by atoms with Gasteiger partial charge in [0, 0.05) is 0 Å². The molecule has 0 aliphatic heterocycles. The minimum absolute atomic E-state index is 0.115. The van der Waals surface area contributed by atoms with Crippen LogP contribution in [0.5, 0.6) is 5.75 Å². The fourth-order valence-electron chi connectivity index (χ4n) is 3.24. The molecule has 1 aliphatic carbocycles. The van der Waals surface area contributed by atoms with E-state index in [2.05, 4.69) is 13.8 Å². The largest absolute Gasteiger partial charge is 0.494 e. The summed E-state index contributed by atoms with van der Waals surface area (Å²) in [6.07, 6.45) is 2.56. The van der Waals surface area contributed by atoms with Crippen molar-refractivity contribution >= 4 is 0 Å². The van der Waals surface area contributed by atoms with E-state index in [9.17, 15) is 9.50 Å². The maximum Gasteiger partial charge on any atom is 0.165 e. The molecule has 106 valence electrons. The molecule has 0 bridgehead atoms. The SMILES string of the molecule is COc1ccc(C2(O)CCC(C)(C)CC2C)cc1F. The average Bonchev–Trinajstić information content (AvgIpc) is 2.34. The van der Waals surface area contributed by atoms with Gasteiger partial charge in [0.1, 0.15) is 0 Å². The second-order valence-electron chi connectivity index (χ2n) is 6.54. The summed E-state index contributed by atoms with van der Waals surface area (Å²) in [5.41, 5.74) is -0.0203. The zero-order valence-electron chi connectivity index (χ0n) is 12.2. The van der Waals surface area contributed by atoms with Gasteiger partial charge < -0.3 is 9.84 Å². The first kappa shape index (κ1) is 14.3. The second kappa shape index (κ2) is 4.78. The molecular formula is C16H23FO2. The zero-order valence-corrected chi connectivity index (χ0v) is 12.2. The van der Waals surface area contributed by atoms with E-state index in [4.69, 9.17) is 4.74 Å². The number of aliphatic hydroxyl groups is 1. The van der Waals surface area contributed by atoms with Crippen molar-refractivity contribution in [3.63, 3.8) is 0 Å². The monoisotopic (exact) mass is 266 g/mol. The average molecular weight is 266 g/mol. The number of halogens is 1. The fraction of sp³-hybridized carbons (Fsp3) is 0.625. The van der Waals surface area contributed by atoms with Gasteiger partial charge in [0.2, 0.25) is 0 Å². The minimum Gasteiger partial charge on any atom is -0.494 e. The smallest absolute Gasteiger partial charge is 0.165 e. The molecule has 1 N–H and O–H groups in total. The van der Waals surface area contributed by atoms with Crippen molar-refractivity contribution in [3.8, 4) is 5.75 Å². The Morgan fingerprint density at radius 2 is 2.00 bits per heavy atom. The molecule has 2 unspecified atom stereocenters. The molecule has 0 heterocycles. The highest BCUT2D eigenvalue weighted by atomic mass is 19.1. The van der Waals surface area contributed by atoms with Gasteiger partial charge in [0.15, 0.2) is 11.6 Å². The number of rotatable bonds is 2.